The number of aliphatic hydroxyl groups is 1. The van der Waals surface area contributed by atoms with E-state index in [1.165, 1.54) is 6.07 Å². The molecular weight excluding hydrogens is 304 g/mol. The molecule has 4 nitrogen and oxygen atoms in total. The Hall–Kier alpha value is -2.31. The van der Waals surface area contributed by atoms with Gasteiger partial charge in [0.2, 0.25) is 0 Å². The van der Waals surface area contributed by atoms with Gasteiger partial charge in [0.1, 0.15) is 0 Å². The molecule has 0 aromatic heterocycles. The molecule has 1 fully saturated rings. The van der Waals surface area contributed by atoms with E-state index < -0.39 is 23.7 Å². The Morgan fingerprint density at radius 2 is 1.74 bits per heavy atom. The number of carboxylic acid groups (broad SMARTS) is 1. The van der Waals surface area contributed by atoms with E-state index in [1.54, 1.807) is 36.4 Å². The Kier molecular flexibility index (Phi) is 5.41. The number of carbonyl (C=O) groups is 1. The Morgan fingerprint density at radius 3 is 2.22 bits per heavy atom. The van der Waals surface area contributed by atoms with Gasteiger partial charge in [0.05, 0.1) is 0 Å². The van der Waals surface area contributed by atoms with Gasteiger partial charge in [0.15, 0.2) is 17.7 Å². The summed E-state index contributed by atoms with van der Waals surface area (Å²) in [5.74, 6) is -2.57. The molecule has 2 aromatic carbocycles. The van der Waals surface area contributed by atoms with Crippen LogP contribution < -0.4 is 5.73 Å². The third-order valence-electron chi connectivity index (χ3n) is 3.56. The van der Waals surface area contributed by atoms with Crippen molar-refractivity contribution in [3.05, 3.63) is 71.3 Å². The van der Waals surface area contributed by atoms with Crippen molar-refractivity contribution in [2.24, 2.45) is 5.73 Å². The van der Waals surface area contributed by atoms with Crippen molar-refractivity contribution in [3.8, 4) is 0 Å². The molecule has 0 unspecified atom stereocenters. The highest BCUT2D eigenvalue weighted by Gasteiger charge is 2.35. The van der Waals surface area contributed by atoms with Crippen LogP contribution in [0.3, 0.4) is 0 Å². The zero-order valence-corrected chi connectivity index (χ0v) is 12.2. The molecule has 0 radical (unpaired) electrons. The molecule has 1 aliphatic carbocycles. The van der Waals surface area contributed by atoms with E-state index in [4.69, 9.17) is 15.9 Å². The van der Waals surface area contributed by atoms with Crippen LogP contribution in [-0.4, -0.2) is 22.2 Å². The fourth-order valence-corrected chi connectivity index (χ4v) is 2.12. The molecule has 4 N–H and O–H groups in total. The lowest BCUT2D eigenvalue weighted by Gasteiger charge is -2.03. The lowest BCUT2D eigenvalue weighted by molar-refractivity contribution is -0.146. The maximum Gasteiger partial charge on any atom is 0.337 e. The van der Waals surface area contributed by atoms with Gasteiger partial charge < -0.3 is 15.9 Å². The lowest BCUT2D eigenvalue weighted by atomic mass is 10.1. The summed E-state index contributed by atoms with van der Waals surface area (Å²) in [7, 11) is 0. The maximum atomic E-state index is 12.7. The van der Waals surface area contributed by atoms with E-state index in [2.05, 4.69) is 0 Å². The monoisotopic (exact) mass is 321 g/mol. The van der Waals surface area contributed by atoms with E-state index in [0.717, 1.165) is 18.1 Å². The Labute approximate surface area is 132 Å². The highest BCUT2D eigenvalue weighted by molar-refractivity contribution is 5.73. The molecule has 0 amide bonds. The predicted octanol–water partition coefficient (Wildman–Crippen LogP) is 2.58. The van der Waals surface area contributed by atoms with Gasteiger partial charge in [-0.15, -0.1) is 0 Å². The van der Waals surface area contributed by atoms with Crippen LogP contribution in [0, 0.1) is 11.6 Å². The Morgan fingerprint density at radius 1 is 1.13 bits per heavy atom. The van der Waals surface area contributed by atoms with Gasteiger partial charge in [-0.05, 0) is 29.7 Å². The number of hydrogen-bond donors (Lipinski definition) is 3. The number of aliphatic carboxylic acids is 1. The van der Waals surface area contributed by atoms with Crippen LogP contribution >= 0.6 is 0 Å². The molecule has 2 aromatic rings. The molecule has 122 valence electrons. The smallest absolute Gasteiger partial charge is 0.337 e. The second-order valence-corrected chi connectivity index (χ2v) is 5.33. The normalized spacial score (nSPS) is 20.2. The van der Waals surface area contributed by atoms with Gasteiger partial charge in [-0.2, -0.15) is 0 Å². The van der Waals surface area contributed by atoms with E-state index in [9.17, 15) is 13.6 Å². The number of hydrogen-bond acceptors (Lipinski definition) is 3. The minimum Gasteiger partial charge on any atom is -0.479 e. The first kappa shape index (κ1) is 17.1. The summed E-state index contributed by atoms with van der Waals surface area (Å²) in [5, 5.41) is 17.4. The summed E-state index contributed by atoms with van der Waals surface area (Å²) in [6, 6.07) is 12.4. The third-order valence-corrected chi connectivity index (χ3v) is 3.56. The van der Waals surface area contributed by atoms with E-state index in [-0.39, 0.29) is 12.0 Å². The van der Waals surface area contributed by atoms with Crippen molar-refractivity contribution in [1.29, 1.82) is 0 Å². The second-order valence-electron chi connectivity index (χ2n) is 5.33. The van der Waals surface area contributed by atoms with E-state index in [1.807, 2.05) is 0 Å². The Bertz CT molecular complexity index is 679. The number of rotatable bonds is 3. The minimum atomic E-state index is -1.41. The van der Waals surface area contributed by atoms with Crippen LogP contribution in [0.15, 0.2) is 48.5 Å². The first-order valence-corrected chi connectivity index (χ1v) is 7.06. The van der Waals surface area contributed by atoms with Gasteiger partial charge in [0, 0.05) is 12.0 Å². The number of nitrogens with two attached hydrogens (primary N) is 1. The van der Waals surface area contributed by atoms with Gasteiger partial charge >= 0.3 is 5.97 Å². The number of benzene rings is 2. The predicted molar refractivity (Wildman–Crippen MR) is 80.7 cm³/mol. The first-order valence-electron chi connectivity index (χ1n) is 7.06. The molecule has 3 atom stereocenters. The van der Waals surface area contributed by atoms with Crippen LogP contribution in [0.25, 0.3) is 0 Å². The summed E-state index contributed by atoms with van der Waals surface area (Å²) in [6.45, 7) is 0. The Balaban J connectivity index is 0.000000168. The molecule has 6 heteroatoms. The molecule has 1 saturated carbocycles. The van der Waals surface area contributed by atoms with Crippen LogP contribution in [0.4, 0.5) is 8.78 Å². The summed E-state index contributed by atoms with van der Waals surface area (Å²) in [6.07, 6.45) is -0.526. The summed E-state index contributed by atoms with van der Waals surface area (Å²) < 4.78 is 25.2. The second kappa shape index (κ2) is 7.30. The van der Waals surface area contributed by atoms with Gasteiger partial charge in [-0.25, -0.2) is 13.6 Å². The molecule has 3 rings (SSSR count). The van der Waals surface area contributed by atoms with Crippen molar-refractivity contribution in [2.75, 3.05) is 0 Å². The molecule has 0 aliphatic heterocycles. The molecule has 0 saturated heterocycles. The van der Waals surface area contributed by atoms with Crippen LogP contribution in [0.2, 0.25) is 0 Å². The van der Waals surface area contributed by atoms with Crippen LogP contribution in [0.5, 0.6) is 0 Å². The van der Waals surface area contributed by atoms with Crippen molar-refractivity contribution in [2.45, 2.75) is 24.5 Å². The zero-order chi connectivity index (χ0) is 17.0. The highest BCUT2D eigenvalue weighted by atomic mass is 19.2. The molecule has 23 heavy (non-hydrogen) atoms. The van der Waals surface area contributed by atoms with Crippen LogP contribution in [0.1, 0.15) is 29.6 Å². The summed E-state index contributed by atoms with van der Waals surface area (Å²) in [5.41, 5.74) is 6.78. The lowest BCUT2D eigenvalue weighted by Crippen LogP contribution is -2.09. The largest absolute Gasteiger partial charge is 0.479 e. The fraction of sp³-hybridized carbons (Fsp3) is 0.235. The fourth-order valence-electron chi connectivity index (χ4n) is 2.12. The van der Waals surface area contributed by atoms with Crippen molar-refractivity contribution < 1.29 is 23.8 Å². The topological polar surface area (TPSA) is 83.6 Å². The molecule has 0 heterocycles. The molecule has 1 aliphatic rings. The highest BCUT2D eigenvalue weighted by Crippen LogP contribution is 2.39. The average molecular weight is 321 g/mol. The van der Waals surface area contributed by atoms with Gasteiger partial charge in [-0.1, -0.05) is 36.4 Å². The summed E-state index contributed by atoms with van der Waals surface area (Å²) >= 11 is 0. The molecule has 0 bridgehead atoms. The number of halogens is 2. The quantitative estimate of drug-likeness (QED) is 0.811. The van der Waals surface area contributed by atoms with Gasteiger partial charge in [-0.3, -0.25) is 0 Å². The number of carboxylic acids is 1. The standard InChI is InChI=1S/C9H9F2N.C8H8O3/c10-7-2-1-5(3-8(7)11)6-4-9(6)12;9-7(8(10)11)6-4-2-1-3-5-6/h1-3,6,9H,4,12H2;1-5,7,9H,(H,10,11)/t6-,9+;7-/m00/s1. The number of aliphatic hydroxyl groups excluding tert-OH is 1. The minimum absolute atomic E-state index is 0.134. The third kappa shape index (κ3) is 4.58. The first-order chi connectivity index (χ1) is 10.9. The zero-order valence-electron chi connectivity index (χ0n) is 12.2. The SMILES string of the molecule is N[C@@H]1C[C@H]1c1ccc(F)c(F)c1.O=C(O)[C@@H](O)c1ccccc1. The van der Waals surface area contributed by atoms with E-state index in [0.29, 0.717) is 5.56 Å². The maximum absolute atomic E-state index is 12.7. The average Bonchev–Trinajstić information content (AvgIpc) is 3.27. The van der Waals surface area contributed by atoms with Gasteiger partial charge in [0.25, 0.3) is 0 Å². The molecular formula is C17H17F2NO3. The van der Waals surface area contributed by atoms with Crippen molar-refractivity contribution in [3.63, 3.8) is 0 Å². The van der Waals surface area contributed by atoms with E-state index >= 15 is 0 Å². The van der Waals surface area contributed by atoms with Crippen molar-refractivity contribution in [1.82, 2.24) is 0 Å². The van der Waals surface area contributed by atoms with Crippen LogP contribution in [-0.2, 0) is 4.79 Å². The van der Waals surface area contributed by atoms with Crippen molar-refractivity contribution >= 4 is 5.97 Å². The summed E-state index contributed by atoms with van der Waals surface area (Å²) in [4.78, 5) is 10.2. The molecule has 0 spiro atoms.